The minimum absolute atomic E-state index is 0.164. The van der Waals surface area contributed by atoms with E-state index >= 15 is 0 Å². The summed E-state index contributed by atoms with van der Waals surface area (Å²) in [7, 11) is 0. The van der Waals surface area contributed by atoms with Crippen molar-refractivity contribution in [3.8, 4) is 0 Å². The highest BCUT2D eigenvalue weighted by atomic mass is 19.4. The lowest BCUT2D eigenvalue weighted by molar-refractivity contribution is -0.209. The number of pyridine rings is 1. The fraction of sp³-hybridized carbons (Fsp3) is 0.273. The molecular weight excluding hydrogens is 266 g/mol. The van der Waals surface area contributed by atoms with Crippen molar-refractivity contribution in [2.24, 2.45) is 0 Å². The summed E-state index contributed by atoms with van der Waals surface area (Å²) in [6.07, 6.45) is -4.85. The summed E-state index contributed by atoms with van der Waals surface area (Å²) in [6, 6.07) is 2.70. The van der Waals surface area contributed by atoms with E-state index in [-0.39, 0.29) is 6.42 Å². The van der Waals surface area contributed by atoms with E-state index in [9.17, 15) is 17.6 Å². The number of H-pyrrole nitrogens is 1. The number of rotatable bonds is 3. The van der Waals surface area contributed by atoms with E-state index in [1.165, 1.54) is 24.5 Å². The van der Waals surface area contributed by atoms with Crippen LogP contribution in [0.5, 0.6) is 0 Å². The van der Waals surface area contributed by atoms with E-state index in [0.717, 1.165) is 0 Å². The summed E-state index contributed by atoms with van der Waals surface area (Å²) < 4.78 is 49.6. The van der Waals surface area contributed by atoms with E-state index in [2.05, 4.69) is 15.0 Å². The smallest absolute Gasteiger partial charge is 0.377 e. The molecule has 1 unspecified atom stereocenters. The minimum Gasteiger partial charge on any atom is -0.377 e. The zero-order chi connectivity index (χ0) is 14.0. The molecule has 2 rings (SSSR count). The molecule has 0 saturated heterocycles. The molecule has 2 aromatic heterocycles. The molecule has 2 heterocycles. The molecule has 0 saturated carbocycles. The fourth-order valence-corrected chi connectivity index (χ4v) is 1.53. The molecule has 0 amide bonds. The summed E-state index contributed by atoms with van der Waals surface area (Å²) in [5.74, 6) is -1.26. The summed E-state index contributed by atoms with van der Waals surface area (Å²) in [5.41, 5.74) is 0.869. The molecule has 8 heteroatoms. The van der Waals surface area contributed by atoms with E-state index in [1.54, 1.807) is 0 Å². The third-order valence-corrected chi connectivity index (χ3v) is 2.40. The van der Waals surface area contributed by atoms with Crippen LogP contribution in [0.3, 0.4) is 0 Å². The van der Waals surface area contributed by atoms with Gasteiger partial charge in [0.15, 0.2) is 0 Å². The number of nitrogens with zero attached hydrogens (tertiary/aromatic N) is 2. The largest absolute Gasteiger partial charge is 0.421 e. The maximum atomic E-state index is 12.8. The SMILES string of the molecule is OC(c1ncc(Cc2ccnc(F)c2)[nH]1)C(F)(F)F. The molecule has 2 aromatic rings. The zero-order valence-electron chi connectivity index (χ0n) is 9.45. The van der Waals surface area contributed by atoms with E-state index in [1.807, 2.05) is 0 Å². The topological polar surface area (TPSA) is 61.8 Å². The monoisotopic (exact) mass is 275 g/mol. The average molecular weight is 275 g/mol. The highest BCUT2D eigenvalue weighted by Crippen LogP contribution is 2.30. The zero-order valence-corrected chi connectivity index (χ0v) is 9.45. The molecule has 19 heavy (non-hydrogen) atoms. The predicted octanol–water partition coefficient (Wildman–Crippen LogP) is 2.13. The Bertz CT molecular complexity index is 567. The molecule has 2 N–H and O–H groups in total. The average Bonchev–Trinajstić information content (AvgIpc) is 2.75. The van der Waals surface area contributed by atoms with Crippen LogP contribution < -0.4 is 0 Å². The first-order valence-corrected chi connectivity index (χ1v) is 5.25. The van der Waals surface area contributed by atoms with Gasteiger partial charge in [-0.15, -0.1) is 0 Å². The third kappa shape index (κ3) is 3.28. The second-order valence-electron chi connectivity index (χ2n) is 3.90. The Balaban J connectivity index is 2.14. The molecule has 0 spiro atoms. The highest BCUT2D eigenvalue weighted by molar-refractivity contribution is 5.19. The van der Waals surface area contributed by atoms with Crippen molar-refractivity contribution in [2.75, 3.05) is 0 Å². The lowest BCUT2D eigenvalue weighted by Gasteiger charge is -2.11. The van der Waals surface area contributed by atoms with Gasteiger partial charge in [0.2, 0.25) is 12.1 Å². The number of aromatic amines is 1. The van der Waals surface area contributed by atoms with Gasteiger partial charge >= 0.3 is 6.18 Å². The van der Waals surface area contributed by atoms with E-state index < -0.39 is 24.1 Å². The summed E-state index contributed by atoms with van der Waals surface area (Å²) >= 11 is 0. The molecule has 0 aliphatic heterocycles. The van der Waals surface area contributed by atoms with E-state index in [4.69, 9.17) is 5.11 Å². The van der Waals surface area contributed by atoms with Crippen molar-refractivity contribution in [2.45, 2.75) is 18.7 Å². The van der Waals surface area contributed by atoms with Gasteiger partial charge in [0.05, 0.1) is 0 Å². The van der Waals surface area contributed by atoms with Crippen LogP contribution >= 0.6 is 0 Å². The van der Waals surface area contributed by atoms with Crippen molar-refractivity contribution in [1.29, 1.82) is 0 Å². The molecule has 0 aromatic carbocycles. The molecule has 4 nitrogen and oxygen atoms in total. The van der Waals surface area contributed by atoms with Gasteiger partial charge in [0.25, 0.3) is 0 Å². The van der Waals surface area contributed by atoms with Gasteiger partial charge in [-0.3, -0.25) is 0 Å². The maximum absolute atomic E-state index is 12.8. The molecular formula is C11H9F4N3O. The van der Waals surface area contributed by atoms with Crippen LogP contribution in [0.1, 0.15) is 23.2 Å². The van der Waals surface area contributed by atoms with Gasteiger partial charge in [0.1, 0.15) is 5.82 Å². The van der Waals surface area contributed by atoms with Crippen LogP contribution in [0.2, 0.25) is 0 Å². The van der Waals surface area contributed by atoms with Gasteiger partial charge in [-0.05, 0) is 17.7 Å². The first kappa shape index (κ1) is 13.5. The molecule has 102 valence electrons. The van der Waals surface area contributed by atoms with Crippen molar-refractivity contribution >= 4 is 0 Å². The molecule has 0 fully saturated rings. The number of hydrogen-bond donors (Lipinski definition) is 2. The molecule has 0 aliphatic carbocycles. The lowest BCUT2D eigenvalue weighted by atomic mass is 10.1. The highest BCUT2D eigenvalue weighted by Gasteiger charge is 2.41. The van der Waals surface area contributed by atoms with Gasteiger partial charge in [-0.1, -0.05) is 0 Å². The number of halogens is 4. The maximum Gasteiger partial charge on any atom is 0.421 e. The van der Waals surface area contributed by atoms with Gasteiger partial charge < -0.3 is 10.1 Å². The summed E-state index contributed by atoms with van der Waals surface area (Å²) in [4.78, 5) is 9.20. The minimum atomic E-state index is -4.78. The standard InChI is InChI=1S/C11H9F4N3O/c12-8-4-6(1-2-16-8)3-7-5-17-10(18-7)9(19)11(13,14)15/h1-2,4-5,9,19H,3H2,(H,17,18). The number of hydrogen-bond acceptors (Lipinski definition) is 3. The van der Waals surface area contributed by atoms with Crippen molar-refractivity contribution in [1.82, 2.24) is 15.0 Å². The Hall–Kier alpha value is -1.96. The van der Waals surface area contributed by atoms with Gasteiger partial charge in [0, 0.05) is 24.5 Å². The first-order chi connectivity index (χ1) is 8.86. The van der Waals surface area contributed by atoms with Crippen LogP contribution in [0, 0.1) is 5.95 Å². The molecule has 0 bridgehead atoms. The third-order valence-electron chi connectivity index (χ3n) is 2.40. The summed E-state index contributed by atoms with van der Waals surface area (Å²) in [6.45, 7) is 0. The number of aliphatic hydroxyl groups is 1. The Morgan fingerprint density at radius 2 is 2.05 bits per heavy atom. The number of alkyl halides is 3. The van der Waals surface area contributed by atoms with Crippen molar-refractivity contribution < 1.29 is 22.7 Å². The molecule has 1 atom stereocenters. The molecule has 0 aliphatic rings. The Kier molecular flexibility index (Phi) is 3.52. The van der Waals surface area contributed by atoms with Crippen molar-refractivity contribution in [3.05, 3.63) is 47.6 Å². The number of nitrogens with one attached hydrogen (secondary N) is 1. The number of imidazole rings is 1. The van der Waals surface area contributed by atoms with E-state index in [0.29, 0.717) is 11.3 Å². The van der Waals surface area contributed by atoms with Crippen LogP contribution in [-0.4, -0.2) is 26.2 Å². The quantitative estimate of drug-likeness (QED) is 0.666. The lowest BCUT2D eigenvalue weighted by Crippen LogP contribution is -2.21. The second kappa shape index (κ2) is 4.96. The van der Waals surface area contributed by atoms with Crippen molar-refractivity contribution in [3.63, 3.8) is 0 Å². The first-order valence-electron chi connectivity index (χ1n) is 5.25. The second-order valence-corrected chi connectivity index (χ2v) is 3.90. The van der Waals surface area contributed by atoms with Crippen LogP contribution in [0.25, 0.3) is 0 Å². The van der Waals surface area contributed by atoms with Crippen LogP contribution in [0.15, 0.2) is 24.5 Å². The van der Waals surface area contributed by atoms with Gasteiger partial charge in [-0.25, -0.2) is 9.97 Å². The Morgan fingerprint density at radius 1 is 1.32 bits per heavy atom. The Labute approximate surface area is 105 Å². The Morgan fingerprint density at radius 3 is 2.68 bits per heavy atom. The van der Waals surface area contributed by atoms with Crippen LogP contribution in [0.4, 0.5) is 17.6 Å². The predicted molar refractivity (Wildman–Crippen MR) is 56.6 cm³/mol. The fourth-order valence-electron chi connectivity index (χ4n) is 1.53. The summed E-state index contributed by atoms with van der Waals surface area (Å²) in [5, 5.41) is 8.99. The normalized spacial score (nSPS) is 13.5. The van der Waals surface area contributed by atoms with Crippen LogP contribution in [-0.2, 0) is 6.42 Å². The number of aromatic nitrogens is 3. The van der Waals surface area contributed by atoms with Gasteiger partial charge in [-0.2, -0.15) is 17.6 Å². The molecule has 0 radical (unpaired) electrons. The number of aliphatic hydroxyl groups excluding tert-OH is 1.